The van der Waals surface area contributed by atoms with Gasteiger partial charge in [-0.25, -0.2) is 9.78 Å². The number of rotatable bonds is 6. The predicted octanol–water partition coefficient (Wildman–Crippen LogP) is 4.08. The van der Waals surface area contributed by atoms with Crippen LogP contribution in [0.1, 0.15) is 15.9 Å². The molecule has 25 heavy (non-hydrogen) atoms. The van der Waals surface area contributed by atoms with Crippen molar-refractivity contribution in [1.29, 1.82) is 0 Å². The van der Waals surface area contributed by atoms with Crippen molar-refractivity contribution < 1.29 is 14.6 Å². The lowest BCUT2D eigenvalue weighted by Crippen LogP contribution is -2.06. The Balaban J connectivity index is 1.75. The Bertz CT molecular complexity index is 833. The standard InChI is InChI=1S/C20H18N2O3/c1-24-25-20(23)18-7-3-2-6-17(18)16-11-9-15(10-12-16)14-22-19-8-4-5-13-21-19/h2-13H,14H2,1H3,(H,21,22). The molecule has 3 aromatic rings. The molecule has 0 fully saturated rings. The molecule has 0 aliphatic carbocycles. The maximum absolute atomic E-state index is 12.0. The fraction of sp³-hybridized carbons (Fsp3) is 0.100. The molecule has 0 bridgehead atoms. The van der Waals surface area contributed by atoms with Crippen LogP contribution in [0.5, 0.6) is 0 Å². The molecular weight excluding hydrogens is 316 g/mol. The molecule has 5 heteroatoms. The van der Waals surface area contributed by atoms with Gasteiger partial charge in [0.05, 0.1) is 12.7 Å². The van der Waals surface area contributed by atoms with Crippen molar-refractivity contribution in [2.75, 3.05) is 12.4 Å². The summed E-state index contributed by atoms with van der Waals surface area (Å²) in [5.74, 6) is 0.318. The van der Waals surface area contributed by atoms with Crippen molar-refractivity contribution in [2.24, 2.45) is 0 Å². The summed E-state index contributed by atoms with van der Waals surface area (Å²) in [6.07, 6.45) is 1.75. The molecule has 1 N–H and O–H groups in total. The van der Waals surface area contributed by atoms with Gasteiger partial charge in [-0.3, -0.25) is 4.89 Å². The lowest BCUT2D eigenvalue weighted by atomic mass is 9.99. The van der Waals surface area contributed by atoms with E-state index in [9.17, 15) is 4.79 Å². The SMILES string of the molecule is COOC(=O)c1ccccc1-c1ccc(CNc2ccccn2)cc1. The van der Waals surface area contributed by atoms with Crippen molar-refractivity contribution in [3.05, 3.63) is 84.1 Å². The van der Waals surface area contributed by atoms with Crippen molar-refractivity contribution in [3.63, 3.8) is 0 Å². The van der Waals surface area contributed by atoms with Gasteiger partial charge < -0.3 is 5.32 Å². The summed E-state index contributed by atoms with van der Waals surface area (Å²) < 4.78 is 0. The molecule has 0 aliphatic heterocycles. The van der Waals surface area contributed by atoms with Gasteiger partial charge >= 0.3 is 5.97 Å². The zero-order valence-corrected chi connectivity index (χ0v) is 13.8. The third-order valence-electron chi connectivity index (χ3n) is 3.71. The molecular formula is C20H18N2O3. The zero-order chi connectivity index (χ0) is 17.5. The normalized spacial score (nSPS) is 10.3. The number of anilines is 1. The molecule has 1 aromatic heterocycles. The highest BCUT2D eigenvalue weighted by Gasteiger charge is 2.14. The number of hydrogen-bond donors (Lipinski definition) is 1. The number of pyridine rings is 1. The molecule has 0 unspecified atom stereocenters. The van der Waals surface area contributed by atoms with E-state index in [2.05, 4.69) is 20.1 Å². The van der Waals surface area contributed by atoms with Crippen LogP contribution in [-0.4, -0.2) is 18.1 Å². The summed E-state index contributed by atoms with van der Waals surface area (Å²) in [5, 5.41) is 3.26. The molecule has 0 amide bonds. The molecule has 126 valence electrons. The summed E-state index contributed by atoms with van der Waals surface area (Å²) in [5.41, 5.74) is 3.31. The lowest BCUT2D eigenvalue weighted by molar-refractivity contribution is -0.216. The van der Waals surface area contributed by atoms with Gasteiger partial charge in [-0.15, -0.1) is 0 Å². The smallest absolute Gasteiger partial charge is 0.366 e. The number of carbonyl (C=O) groups excluding carboxylic acids is 1. The average Bonchev–Trinajstić information content (AvgIpc) is 2.68. The number of aromatic nitrogens is 1. The fourth-order valence-electron chi connectivity index (χ4n) is 2.50. The van der Waals surface area contributed by atoms with E-state index in [1.165, 1.54) is 7.11 Å². The molecule has 5 nitrogen and oxygen atoms in total. The summed E-state index contributed by atoms with van der Waals surface area (Å²) in [6, 6.07) is 21.0. The van der Waals surface area contributed by atoms with Crippen LogP contribution in [0.2, 0.25) is 0 Å². The Morgan fingerprint density at radius 3 is 2.48 bits per heavy atom. The van der Waals surface area contributed by atoms with Gasteiger partial charge in [-0.2, -0.15) is 4.89 Å². The van der Waals surface area contributed by atoms with Crippen LogP contribution in [0.15, 0.2) is 72.9 Å². The van der Waals surface area contributed by atoms with Gasteiger partial charge in [0.15, 0.2) is 0 Å². The van der Waals surface area contributed by atoms with Crippen molar-refractivity contribution in [2.45, 2.75) is 6.54 Å². The maximum atomic E-state index is 12.0. The second-order valence-corrected chi connectivity index (χ2v) is 5.35. The van der Waals surface area contributed by atoms with Crippen LogP contribution in [0.4, 0.5) is 5.82 Å². The van der Waals surface area contributed by atoms with Gasteiger partial charge in [0.1, 0.15) is 5.82 Å². The number of hydrogen-bond acceptors (Lipinski definition) is 5. The Kier molecular flexibility index (Phi) is 5.39. The predicted molar refractivity (Wildman–Crippen MR) is 95.9 cm³/mol. The second kappa shape index (κ2) is 8.08. The summed E-state index contributed by atoms with van der Waals surface area (Å²) >= 11 is 0. The molecule has 0 saturated carbocycles. The summed E-state index contributed by atoms with van der Waals surface area (Å²) in [6.45, 7) is 0.671. The van der Waals surface area contributed by atoms with Crippen LogP contribution in [0.3, 0.4) is 0 Å². The average molecular weight is 334 g/mol. The second-order valence-electron chi connectivity index (χ2n) is 5.35. The lowest BCUT2D eigenvalue weighted by Gasteiger charge is -2.09. The van der Waals surface area contributed by atoms with Crippen LogP contribution < -0.4 is 5.32 Å². The minimum atomic E-state index is -0.515. The molecule has 0 radical (unpaired) electrons. The van der Waals surface area contributed by atoms with Gasteiger partial charge in [0.2, 0.25) is 0 Å². The largest absolute Gasteiger partial charge is 0.373 e. The Morgan fingerprint density at radius 1 is 1.00 bits per heavy atom. The van der Waals surface area contributed by atoms with E-state index in [0.29, 0.717) is 12.1 Å². The molecule has 0 saturated heterocycles. The fourth-order valence-corrected chi connectivity index (χ4v) is 2.50. The third-order valence-corrected chi connectivity index (χ3v) is 3.71. The van der Waals surface area contributed by atoms with E-state index in [0.717, 1.165) is 22.5 Å². The Labute approximate surface area is 146 Å². The Morgan fingerprint density at radius 2 is 1.76 bits per heavy atom. The van der Waals surface area contributed by atoms with Gasteiger partial charge in [-0.05, 0) is 34.9 Å². The third kappa shape index (κ3) is 4.22. The van der Waals surface area contributed by atoms with Gasteiger partial charge in [0, 0.05) is 12.7 Å². The topological polar surface area (TPSA) is 60.5 Å². The zero-order valence-electron chi connectivity index (χ0n) is 13.8. The summed E-state index contributed by atoms with van der Waals surface area (Å²) in [7, 11) is 1.31. The number of nitrogens with zero attached hydrogens (tertiary/aromatic N) is 1. The minimum Gasteiger partial charge on any atom is -0.366 e. The van der Waals surface area contributed by atoms with Crippen LogP contribution >= 0.6 is 0 Å². The van der Waals surface area contributed by atoms with E-state index >= 15 is 0 Å². The number of benzene rings is 2. The highest BCUT2D eigenvalue weighted by Crippen LogP contribution is 2.25. The van der Waals surface area contributed by atoms with E-state index < -0.39 is 5.97 Å². The van der Waals surface area contributed by atoms with Crippen LogP contribution in [0, 0.1) is 0 Å². The van der Waals surface area contributed by atoms with Crippen LogP contribution in [-0.2, 0) is 16.3 Å². The molecule has 0 aliphatic rings. The van der Waals surface area contributed by atoms with Gasteiger partial charge in [0.25, 0.3) is 0 Å². The highest BCUT2D eigenvalue weighted by molar-refractivity contribution is 5.97. The highest BCUT2D eigenvalue weighted by atomic mass is 17.2. The van der Waals surface area contributed by atoms with Crippen molar-refractivity contribution >= 4 is 11.8 Å². The minimum absolute atomic E-state index is 0.462. The maximum Gasteiger partial charge on any atom is 0.373 e. The summed E-state index contributed by atoms with van der Waals surface area (Å²) in [4.78, 5) is 25.4. The first-order chi connectivity index (χ1) is 12.3. The van der Waals surface area contributed by atoms with Gasteiger partial charge in [-0.1, -0.05) is 48.5 Å². The van der Waals surface area contributed by atoms with Crippen molar-refractivity contribution in [3.8, 4) is 11.1 Å². The Hall–Kier alpha value is -3.18. The first-order valence-electron chi connectivity index (χ1n) is 7.86. The van der Waals surface area contributed by atoms with Crippen LogP contribution in [0.25, 0.3) is 11.1 Å². The van der Waals surface area contributed by atoms with Crippen molar-refractivity contribution in [1.82, 2.24) is 4.98 Å². The van der Waals surface area contributed by atoms with E-state index in [4.69, 9.17) is 0 Å². The van der Waals surface area contributed by atoms with E-state index in [1.54, 1.807) is 18.3 Å². The quantitative estimate of drug-likeness (QED) is 0.544. The molecule has 0 atom stereocenters. The van der Waals surface area contributed by atoms with E-state index in [1.807, 2.05) is 54.6 Å². The number of nitrogens with one attached hydrogen (secondary N) is 1. The molecule has 3 rings (SSSR count). The number of carbonyl (C=O) groups is 1. The first-order valence-corrected chi connectivity index (χ1v) is 7.86. The van der Waals surface area contributed by atoms with E-state index in [-0.39, 0.29) is 0 Å². The molecule has 0 spiro atoms. The molecule has 2 aromatic carbocycles. The molecule has 1 heterocycles. The monoisotopic (exact) mass is 334 g/mol. The first kappa shape index (κ1) is 16.7.